The number of carbonyl (C=O) groups excluding carboxylic acids is 1. The number of nitrogens with two attached hydrogens (primary N) is 1. The number of aromatic nitrogens is 2. The van der Waals surface area contributed by atoms with Crippen molar-refractivity contribution in [2.75, 3.05) is 5.32 Å². The van der Waals surface area contributed by atoms with Gasteiger partial charge in [0.25, 0.3) is 0 Å². The molecule has 108 valence electrons. The molecule has 1 amide bonds. The van der Waals surface area contributed by atoms with Gasteiger partial charge in [-0.2, -0.15) is 13.9 Å². The van der Waals surface area contributed by atoms with Crippen molar-refractivity contribution >= 4 is 21.7 Å². The van der Waals surface area contributed by atoms with Crippen LogP contribution in [0.5, 0.6) is 0 Å². The number of sulfonamides is 1. The van der Waals surface area contributed by atoms with Crippen molar-refractivity contribution in [3.8, 4) is 0 Å². The first-order chi connectivity index (χ1) is 8.46. The summed E-state index contributed by atoms with van der Waals surface area (Å²) in [5.41, 5.74) is 0. The summed E-state index contributed by atoms with van der Waals surface area (Å²) >= 11 is 0. The Morgan fingerprint density at radius 3 is 2.47 bits per heavy atom. The summed E-state index contributed by atoms with van der Waals surface area (Å²) in [4.78, 5) is 10.2. The molecule has 0 radical (unpaired) electrons. The number of anilines is 1. The molecule has 0 aliphatic carbocycles. The maximum Gasteiger partial charge on any atom is 0.383 e. The van der Waals surface area contributed by atoms with Crippen LogP contribution in [-0.2, 0) is 21.9 Å². The number of carbonyl (C=O) groups is 1. The third kappa shape index (κ3) is 3.20. The average molecular weight is 304 g/mol. The molecule has 0 aliphatic rings. The number of hydrogen-bond acceptors (Lipinski definition) is 4. The van der Waals surface area contributed by atoms with Crippen LogP contribution in [-0.4, -0.2) is 36.5 Å². The largest absolute Gasteiger partial charge is 0.383 e. The molecule has 0 aliphatic heterocycles. The first kappa shape index (κ1) is 15.4. The molecule has 0 saturated carbocycles. The number of primary sulfonamides is 1. The number of nitrogens with zero attached hydrogens (tertiary/aromatic N) is 2. The Labute approximate surface area is 104 Å². The molecular weight excluding hydrogens is 296 g/mol. The highest BCUT2D eigenvalue weighted by molar-refractivity contribution is 7.89. The Kier molecular flexibility index (Phi) is 3.86. The molecule has 1 heterocycles. The quantitative estimate of drug-likeness (QED) is 0.758. The highest BCUT2D eigenvalue weighted by Crippen LogP contribution is 2.26. The van der Waals surface area contributed by atoms with Crippen LogP contribution in [0.2, 0.25) is 0 Å². The van der Waals surface area contributed by atoms with E-state index in [-0.39, 0.29) is 0 Å². The lowest BCUT2D eigenvalue weighted by atomic mass is 10.3. The SMILES string of the molecule is Cn1cc(S(N)(=O)=O)c(NC(=O)C(F)(F)C(F)F)n1. The van der Waals surface area contributed by atoms with Gasteiger partial charge in [0.05, 0.1) is 0 Å². The summed E-state index contributed by atoms with van der Waals surface area (Å²) in [5.74, 6) is -8.21. The highest BCUT2D eigenvalue weighted by atomic mass is 32.2. The molecule has 1 aromatic heterocycles. The zero-order valence-electron chi connectivity index (χ0n) is 9.27. The molecule has 12 heteroatoms. The van der Waals surface area contributed by atoms with Crippen LogP contribution in [0.4, 0.5) is 23.4 Å². The van der Waals surface area contributed by atoms with Gasteiger partial charge in [0.2, 0.25) is 10.0 Å². The van der Waals surface area contributed by atoms with E-state index in [9.17, 15) is 30.8 Å². The molecular formula is C7H8F4N4O3S. The van der Waals surface area contributed by atoms with Gasteiger partial charge in [-0.25, -0.2) is 22.3 Å². The zero-order chi connectivity index (χ0) is 15.0. The van der Waals surface area contributed by atoms with Crippen molar-refractivity contribution < 1.29 is 30.8 Å². The van der Waals surface area contributed by atoms with E-state index in [0.717, 1.165) is 10.9 Å². The fourth-order valence-electron chi connectivity index (χ4n) is 1.05. The van der Waals surface area contributed by atoms with Crippen LogP contribution in [0.25, 0.3) is 0 Å². The van der Waals surface area contributed by atoms with E-state index < -0.39 is 39.0 Å². The smallest absolute Gasteiger partial charge is 0.303 e. The van der Waals surface area contributed by atoms with Crippen LogP contribution < -0.4 is 10.5 Å². The summed E-state index contributed by atoms with van der Waals surface area (Å²) in [6, 6.07) is 0. The first-order valence-electron chi connectivity index (χ1n) is 4.50. The first-order valence-corrected chi connectivity index (χ1v) is 6.04. The fraction of sp³-hybridized carbons (Fsp3) is 0.429. The summed E-state index contributed by atoms with van der Waals surface area (Å²) in [7, 11) is -3.14. The second kappa shape index (κ2) is 4.77. The summed E-state index contributed by atoms with van der Waals surface area (Å²) in [6.45, 7) is 0. The van der Waals surface area contributed by atoms with Gasteiger partial charge in [0, 0.05) is 13.2 Å². The Bertz CT molecular complexity index is 597. The average Bonchev–Trinajstić information content (AvgIpc) is 2.58. The second-order valence-corrected chi connectivity index (χ2v) is 4.97. The standard InChI is InChI=1S/C7H8F4N4O3S/c1-15-2-3(19(12,17)18)4(14-15)13-6(16)7(10,11)5(8)9/h2,5H,1H3,(H2,12,17,18)(H,13,14,16). The van der Waals surface area contributed by atoms with Crippen LogP contribution >= 0.6 is 0 Å². The third-order valence-corrected chi connectivity index (χ3v) is 2.82. The Balaban J connectivity index is 3.12. The Morgan fingerprint density at radius 2 is 2.05 bits per heavy atom. The lowest BCUT2D eigenvalue weighted by molar-refractivity contribution is -0.163. The molecule has 0 unspecified atom stereocenters. The number of halogens is 4. The minimum Gasteiger partial charge on any atom is -0.303 e. The van der Waals surface area contributed by atoms with E-state index in [1.165, 1.54) is 12.4 Å². The second-order valence-electron chi connectivity index (χ2n) is 3.44. The molecule has 0 atom stereocenters. The lowest BCUT2D eigenvalue weighted by Crippen LogP contribution is -2.41. The number of hydrogen-bond donors (Lipinski definition) is 2. The molecule has 1 rings (SSSR count). The van der Waals surface area contributed by atoms with Crippen LogP contribution in [0, 0.1) is 0 Å². The van der Waals surface area contributed by atoms with Crippen molar-refractivity contribution in [1.82, 2.24) is 9.78 Å². The van der Waals surface area contributed by atoms with Crippen LogP contribution in [0.3, 0.4) is 0 Å². The lowest BCUT2D eigenvalue weighted by Gasteiger charge is -2.13. The molecule has 19 heavy (non-hydrogen) atoms. The molecule has 0 bridgehead atoms. The predicted octanol–water partition coefficient (Wildman–Crippen LogP) is -0.0936. The Morgan fingerprint density at radius 1 is 1.53 bits per heavy atom. The van der Waals surface area contributed by atoms with Gasteiger partial charge in [-0.3, -0.25) is 9.48 Å². The van der Waals surface area contributed by atoms with Crippen molar-refractivity contribution in [2.24, 2.45) is 12.2 Å². The van der Waals surface area contributed by atoms with Crippen molar-refractivity contribution in [1.29, 1.82) is 0 Å². The number of amides is 1. The number of nitrogens with one attached hydrogen (secondary N) is 1. The predicted molar refractivity (Wildman–Crippen MR) is 54.2 cm³/mol. The topological polar surface area (TPSA) is 107 Å². The zero-order valence-corrected chi connectivity index (χ0v) is 10.1. The molecule has 0 fully saturated rings. The highest BCUT2D eigenvalue weighted by Gasteiger charge is 2.49. The molecule has 0 saturated heterocycles. The van der Waals surface area contributed by atoms with Crippen molar-refractivity contribution in [2.45, 2.75) is 17.2 Å². The van der Waals surface area contributed by atoms with Gasteiger partial charge in [0.1, 0.15) is 4.90 Å². The minimum absolute atomic E-state index is 0.770. The fourth-order valence-corrected chi connectivity index (χ4v) is 1.71. The summed E-state index contributed by atoms with van der Waals surface area (Å²) in [5, 5.41) is 9.38. The number of alkyl halides is 4. The molecule has 3 N–H and O–H groups in total. The van der Waals surface area contributed by atoms with E-state index in [4.69, 9.17) is 5.14 Å². The van der Waals surface area contributed by atoms with E-state index in [1.54, 1.807) is 0 Å². The van der Waals surface area contributed by atoms with E-state index >= 15 is 0 Å². The molecule has 0 spiro atoms. The number of rotatable bonds is 4. The minimum atomic E-state index is -4.98. The van der Waals surface area contributed by atoms with Gasteiger partial charge < -0.3 is 5.32 Å². The van der Waals surface area contributed by atoms with Crippen molar-refractivity contribution in [3.05, 3.63) is 6.20 Å². The van der Waals surface area contributed by atoms with Gasteiger partial charge in [-0.05, 0) is 0 Å². The monoisotopic (exact) mass is 304 g/mol. The maximum atomic E-state index is 12.7. The van der Waals surface area contributed by atoms with Crippen LogP contribution in [0.15, 0.2) is 11.1 Å². The van der Waals surface area contributed by atoms with Crippen LogP contribution in [0.1, 0.15) is 0 Å². The van der Waals surface area contributed by atoms with Gasteiger partial charge in [-0.15, -0.1) is 0 Å². The molecule has 7 nitrogen and oxygen atoms in total. The molecule has 0 aromatic carbocycles. The van der Waals surface area contributed by atoms with Gasteiger partial charge in [-0.1, -0.05) is 0 Å². The third-order valence-electron chi connectivity index (χ3n) is 1.91. The van der Waals surface area contributed by atoms with Gasteiger partial charge in [0.15, 0.2) is 5.82 Å². The van der Waals surface area contributed by atoms with Crippen molar-refractivity contribution in [3.63, 3.8) is 0 Å². The normalized spacial score (nSPS) is 12.8. The van der Waals surface area contributed by atoms with Gasteiger partial charge >= 0.3 is 18.3 Å². The van der Waals surface area contributed by atoms with E-state index in [2.05, 4.69) is 5.10 Å². The molecule has 1 aromatic rings. The maximum absolute atomic E-state index is 12.7. The Hall–Kier alpha value is -1.69. The summed E-state index contributed by atoms with van der Waals surface area (Å²) < 4.78 is 72.2. The van der Waals surface area contributed by atoms with E-state index in [0.29, 0.717) is 0 Å². The van der Waals surface area contributed by atoms with E-state index in [1.807, 2.05) is 0 Å². The number of aryl methyl sites for hydroxylation is 1. The summed E-state index contributed by atoms with van der Waals surface area (Å²) in [6.07, 6.45) is -3.42.